The molecule has 0 radical (unpaired) electrons. The number of halogens is 1. The summed E-state index contributed by atoms with van der Waals surface area (Å²) in [6.07, 6.45) is 6.81. The first-order chi connectivity index (χ1) is 12.6. The molecule has 1 heterocycles. The maximum Gasteiger partial charge on any atom is 0.309 e. The third-order valence-corrected chi connectivity index (χ3v) is 6.40. The fourth-order valence-electron chi connectivity index (χ4n) is 5.03. The minimum Gasteiger partial charge on any atom is -0.466 e. The Morgan fingerprint density at radius 3 is 2.42 bits per heavy atom. The zero-order chi connectivity index (χ0) is 18.3. The summed E-state index contributed by atoms with van der Waals surface area (Å²) in [5, 5.41) is 7.50. The Bertz CT molecular complexity index is 729. The molecule has 2 bridgehead atoms. The van der Waals surface area contributed by atoms with Crippen LogP contribution in [-0.2, 0) is 9.53 Å². The van der Waals surface area contributed by atoms with Gasteiger partial charge in [0.05, 0.1) is 23.9 Å². The second-order valence-electron chi connectivity index (χ2n) is 7.87. The van der Waals surface area contributed by atoms with Crippen molar-refractivity contribution < 1.29 is 9.53 Å². The maximum atomic E-state index is 12.8. The molecule has 5 nitrogen and oxygen atoms in total. The van der Waals surface area contributed by atoms with Gasteiger partial charge >= 0.3 is 5.97 Å². The number of aliphatic imine (C=N–C) groups is 1. The molecule has 1 aromatic rings. The molecule has 0 amide bonds. The van der Waals surface area contributed by atoms with Crippen LogP contribution in [0.25, 0.3) is 0 Å². The highest BCUT2D eigenvalue weighted by Gasteiger charge is 2.50. The highest BCUT2D eigenvalue weighted by Crippen LogP contribution is 2.51. The number of esters is 1. The van der Waals surface area contributed by atoms with Crippen LogP contribution in [0.15, 0.2) is 17.1 Å². The molecular weight excluding hydrogens is 350 g/mol. The fraction of sp³-hybridized carbons (Fsp3) is 0.650. The molecule has 0 aliphatic heterocycles. The van der Waals surface area contributed by atoms with Crippen molar-refractivity contribution in [1.82, 2.24) is 4.98 Å². The van der Waals surface area contributed by atoms with E-state index in [0.717, 1.165) is 37.1 Å². The lowest BCUT2D eigenvalue weighted by atomic mass is 9.57. The van der Waals surface area contributed by atoms with E-state index in [0.29, 0.717) is 24.4 Å². The summed E-state index contributed by atoms with van der Waals surface area (Å²) in [4.78, 5) is 20.7. The van der Waals surface area contributed by atoms with E-state index >= 15 is 0 Å². The Kier molecular flexibility index (Phi) is 4.91. The Morgan fingerprint density at radius 1 is 1.19 bits per heavy atom. The maximum absolute atomic E-state index is 12.8. The van der Waals surface area contributed by atoms with Gasteiger partial charge in [0, 0.05) is 11.6 Å². The Balaban J connectivity index is 1.72. The lowest BCUT2D eigenvalue weighted by Crippen LogP contribution is -2.48. The number of hydrogen-bond acceptors (Lipinski definition) is 3. The van der Waals surface area contributed by atoms with Crippen LogP contribution < -0.4 is 0 Å². The van der Waals surface area contributed by atoms with Crippen LogP contribution in [0, 0.1) is 29.1 Å². The Hall–Kier alpha value is -1.62. The van der Waals surface area contributed by atoms with Crippen molar-refractivity contribution in [2.75, 3.05) is 6.61 Å². The number of fused-ring (bicyclic) bond motifs is 3. The molecule has 4 aliphatic carbocycles. The third kappa shape index (κ3) is 3.34. The van der Waals surface area contributed by atoms with Crippen LogP contribution in [0.3, 0.4) is 0 Å². The lowest BCUT2D eigenvalue weighted by molar-refractivity contribution is -0.156. The average molecular weight is 376 g/mol. The number of hydrogen-bond donors (Lipinski definition) is 2. The summed E-state index contributed by atoms with van der Waals surface area (Å²) >= 11 is 5.88. The van der Waals surface area contributed by atoms with E-state index < -0.39 is 0 Å². The molecule has 0 spiro atoms. The number of rotatable bonds is 5. The standard InChI is InChI=1S/C20H26ClN3O2/c1-2-26-19(25)17-13-7-5-12(6-8-13)16(17)18(24-20(21)22)15-10-9-14(23-15)11-3-4-11/h9-13,16-17,22-23H,2-8H2,1H3/b22-20?,24-18+. The van der Waals surface area contributed by atoms with E-state index in [-0.39, 0.29) is 23.1 Å². The van der Waals surface area contributed by atoms with E-state index in [1.807, 2.05) is 13.0 Å². The van der Waals surface area contributed by atoms with Gasteiger partial charge in [-0.15, -0.1) is 0 Å². The van der Waals surface area contributed by atoms with Crippen LogP contribution in [-0.4, -0.2) is 28.6 Å². The second kappa shape index (κ2) is 7.18. The van der Waals surface area contributed by atoms with E-state index in [1.165, 1.54) is 18.5 Å². The molecule has 4 saturated carbocycles. The monoisotopic (exact) mass is 375 g/mol. The van der Waals surface area contributed by atoms with E-state index in [1.54, 1.807) is 0 Å². The number of carbonyl (C=O) groups excluding carboxylic acids is 1. The highest BCUT2D eigenvalue weighted by atomic mass is 35.5. The van der Waals surface area contributed by atoms with Crippen LogP contribution >= 0.6 is 11.6 Å². The first kappa shape index (κ1) is 17.8. The van der Waals surface area contributed by atoms with Gasteiger partial charge in [-0.05, 0) is 86.9 Å². The number of nitrogens with zero attached hydrogens (tertiary/aromatic N) is 1. The van der Waals surface area contributed by atoms with Gasteiger partial charge < -0.3 is 9.72 Å². The zero-order valence-corrected chi connectivity index (χ0v) is 15.9. The molecule has 2 atom stereocenters. The minimum atomic E-state index is -0.230. The predicted molar refractivity (Wildman–Crippen MR) is 102 cm³/mol. The van der Waals surface area contributed by atoms with Crippen molar-refractivity contribution in [2.24, 2.45) is 28.7 Å². The molecule has 0 saturated heterocycles. The van der Waals surface area contributed by atoms with Crippen molar-refractivity contribution >= 4 is 28.6 Å². The van der Waals surface area contributed by atoms with Gasteiger partial charge in [-0.1, -0.05) is 0 Å². The van der Waals surface area contributed by atoms with Gasteiger partial charge in [0.15, 0.2) is 0 Å². The first-order valence-electron chi connectivity index (χ1n) is 9.77. The SMILES string of the molecule is CCOC(=O)C1C2CCC(CC2)C1/C(=N/C(=N)Cl)c1ccc(C2CC2)[nH]1. The minimum absolute atomic E-state index is 0.0219. The van der Waals surface area contributed by atoms with Crippen molar-refractivity contribution in [3.63, 3.8) is 0 Å². The van der Waals surface area contributed by atoms with Gasteiger partial charge in [0.2, 0.25) is 5.29 Å². The Labute approximate surface area is 159 Å². The predicted octanol–water partition coefficient (Wildman–Crippen LogP) is 4.47. The topological polar surface area (TPSA) is 78.3 Å². The molecule has 4 fully saturated rings. The molecular formula is C20H26ClN3O2. The molecule has 5 rings (SSSR count). The molecule has 140 valence electrons. The van der Waals surface area contributed by atoms with Crippen LogP contribution in [0.5, 0.6) is 0 Å². The molecule has 6 heteroatoms. The third-order valence-electron chi connectivity index (χ3n) is 6.31. The first-order valence-corrected chi connectivity index (χ1v) is 10.1. The largest absolute Gasteiger partial charge is 0.466 e. The number of carbonyl (C=O) groups is 1. The van der Waals surface area contributed by atoms with Crippen molar-refractivity contribution in [2.45, 2.75) is 51.4 Å². The van der Waals surface area contributed by atoms with Crippen molar-refractivity contribution in [3.8, 4) is 0 Å². The summed E-state index contributed by atoms with van der Waals surface area (Å²) in [5.41, 5.74) is 2.90. The van der Waals surface area contributed by atoms with Gasteiger partial charge in [0.25, 0.3) is 0 Å². The number of ether oxygens (including phenoxy) is 1. The number of H-pyrrole nitrogens is 1. The second-order valence-corrected chi connectivity index (χ2v) is 8.23. The fourth-order valence-corrected chi connectivity index (χ4v) is 5.13. The summed E-state index contributed by atoms with van der Waals surface area (Å²) in [5.74, 6) is 1.04. The number of nitrogens with one attached hydrogen (secondary N) is 2. The normalized spacial score (nSPS) is 31.1. The summed E-state index contributed by atoms with van der Waals surface area (Å²) in [7, 11) is 0. The van der Waals surface area contributed by atoms with Gasteiger partial charge in [-0.2, -0.15) is 0 Å². The summed E-state index contributed by atoms with van der Waals surface area (Å²) in [6.45, 7) is 2.25. The molecule has 4 aliphatic rings. The number of aromatic nitrogens is 1. The number of amidine groups is 1. The van der Waals surface area contributed by atoms with Crippen molar-refractivity contribution in [1.29, 1.82) is 5.41 Å². The van der Waals surface area contributed by atoms with Gasteiger partial charge in [-0.25, -0.2) is 4.99 Å². The molecule has 1 aromatic heterocycles. The van der Waals surface area contributed by atoms with E-state index in [4.69, 9.17) is 21.7 Å². The highest BCUT2D eigenvalue weighted by molar-refractivity contribution is 6.64. The number of aromatic amines is 1. The summed E-state index contributed by atoms with van der Waals surface area (Å²) in [6, 6.07) is 4.15. The van der Waals surface area contributed by atoms with Crippen LogP contribution in [0.2, 0.25) is 0 Å². The van der Waals surface area contributed by atoms with Crippen LogP contribution in [0.1, 0.15) is 62.8 Å². The molecule has 2 N–H and O–H groups in total. The zero-order valence-electron chi connectivity index (χ0n) is 15.1. The smallest absolute Gasteiger partial charge is 0.309 e. The summed E-state index contributed by atoms with van der Waals surface area (Å²) < 4.78 is 5.42. The molecule has 2 unspecified atom stereocenters. The van der Waals surface area contributed by atoms with E-state index in [2.05, 4.69) is 16.0 Å². The Morgan fingerprint density at radius 2 is 1.85 bits per heavy atom. The van der Waals surface area contributed by atoms with Crippen molar-refractivity contribution in [3.05, 3.63) is 23.5 Å². The van der Waals surface area contributed by atoms with Crippen LogP contribution in [0.4, 0.5) is 0 Å². The quantitative estimate of drug-likeness (QED) is 0.344. The average Bonchev–Trinajstić information content (AvgIpc) is 3.37. The van der Waals surface area contributed by atoms with Gasteiger partial charge in [0.1, 0.15) is 0 Å². The van der Waals surface area contributed by atoms with E-state index in [9.17, 15) is 4.79 Å². The molecule has 26 heavy (non-hydrogen) atoms. The lowest BCUT2D eigenvalue weighted by Gasteiger charge is -2.47. The molecule has 0 aromatic carbocycles. The van der Waals surface area contributed by atoms with Gasteiger partial charge in [-0.3, -0.25) is 10.2 Å².